The van der Waals surface area contributed by atoms with E-state index in [2.05, 4.69) is 32.3 Å². The Kier molecular flexibility index (Phi) is 5.28. The van der Waals surface area contributed by atoms with E-state index in [9.17, 15) is 0 Å². The topological polar surface area (TPSA) is 34.2 Å². The Labute approximate surface area is 115 Å². The van der Waals surface area contributed by atoms with E-state index in [4.69, 9.17) is 4.74 Å². The molecule has 0 radical (unpaired) electrons. The third kappa shape index (κ3) is 3.95. The first-order valence-electron chi connectivity index (χ1n) is 5.75. The lowest BCUT2D eigenvalue weighted by Crippen LogP contribution is -2.44. The summed E-state index contributed by atoms with van der Waals surface area (Å²) in [4.78, 5) is 4.20. The number of ether oxygens (including phenoxy) is 1. The van der Waals surface area contributed by atoms with Crippen LogP contribution in [-0.2, 0) is 11.2 Å². The van der Waals surface area contributed by atoms with Crippen molar-refractivity contribution in [1.29, 1.82) is 0 Å². The third-order valence-corrected chi connectivity index (χ3v) is 4.33. The van der Waals surface area contributed by atoms with Gasteiger partial charge in [0.05, 0.1) is 12.7 Å². The van der Waals surface area contributed by atoms with E-state index < -0.39 is 0 Å². The van der Waals surface area contributed by atoms with Gasteiger partial charge in [-0.15, -0.1) is 0 Å². The third-order valence-electron chi connectivity index (χ3n) is 2.88. The predicted octanol–water partition coefficient (Wildman–Crippen LogP) is 2.11. The predicted molar refractivity (Wildman–Crippen MR) is 75.6 cm³/mol. The van der Waals surface area contributed by atoms with Gasteiger partial charge >= 0.3 is 0 Å². The summed E-state index contributed by atoms with van der Waals surface area (Å²) in [6, 6.07) is 2.48. The molecule has 1 aromatic rings. The molecule has 1 aromatic heterocycles. The lowest BCUT2D eigenvalue weighted by Gasteiger charge is -2.30. The molecule has 0 aliphatic carbocycles. The number of aromatic nitrogens is 1. The van der Waals surface area contributed by atoms with Crippen molar-refractivity contribution >= 4 is 27.7 Å². The largest absolute Gasteiger partial charge is 0.375 e. The number of hydrogen-bond donors (Lipinski definition) is 1. The zero-order chi connectivity index (χ0) is 12.1. The van der Waals surface area contributed by atoms with E-state index in [0.717, 1.165) is 29.0 Å². The Morgan fingerprint density at radius 2 is 2.53 bits per heavy atom. The molecule has 0 amide bonds. The second-order valence-electron chi connectivity index (χ2n) is 4.09. The molecule has 94 valence electrons. The monoisotopic (exact) mass is 316 g/mol. The van der Waals surface area contributed by atoms with Crippen molar-refractivity contribution in [3.63, 3.8) is 0 Å². The van der Waals surface area contributed by atoms with Gasteiger partial charge in [-0.25, -0.2) is 0 Å². The van der Waals surface area contributed by atoms with Gasteiger partial charge < -0.3 is 10.1 Å². The molecule has 1 fully saturated rings. The average Bonchev–Trinajstić information content (AvgIpc) is 2.37. The maximum atomic E-state index is 5.82. The molecular formula is C12H17BrN2OS. The van der Waals surface area contributed by atoms with Gasteiger partial charge in [-0.3, -0.25) is 4.98 Å². The molecule has 3 nitrogen and oxygen atoms in total. The van der Waals surface area contributed by atoms with Gasteiger partial charge in [0, 0.05) is 34.4 Å². The summed E-state index contributed by atoms with van der Waals surface area (Å²) in [7, 11) is 2.00. The number of hydrogen-bond acceptors (Lipinski definition) is 4. The van der Waals surface area contributed by atoms with Crippen LogP contribution in [0.1, 0.15) is 5.56 Å². The van der Waals surface area contributed by atoms with Crippen LogP contribution in [0.15, 0.2) is 22.9 Å². The SMILES string of the molecule is CNC(Cc1cncc(Br)c1)C1CSCCO1. The van der Waals surface area contributed by atoms with Crippen molar-refractivity contribution in [1.82, 2.24) is 10.3 Å². The Hall–Kier alpha value is -0.100. The minimum absolute atomic E-state index is 0.303. The van der Waals surface area contributed by atoms with Crippen LogP contribution in [0, 0.1) is 0 Å². The molecule has 0 aromatic carbocycles. The first kappa shape index (κ1) is 13.3. The highest BCUT2D eigenvalue weighted by atomic mass is 79.9. The zero-order valence-corrected chi connectivity index (χ0v) is 12.3. The second kappa shape index (κ2) is 6.73. The second-order valence-corrected chi connectivity index (χ2v) is 6.16. The van der Waals surface area contributed by atoms with Crippen molar-refractivity contribution in [2.24, 2.45) is 0 Å². The molecule has 1 N–H and O–H groups in total. The lowest BCUT2D eigenvalue weighted by atomic mass is 10.0. The molecule has 0 saturated carbocycles. The smallest absolute Gasteiger partial charge is 0.0821 e. The first-order valence-corrected chi connectivity index (χ1v) is 7.70. The van der Waals surface area contributed by atoms with Crippen molar-refractivity contribution < 1.29 is 4.74 Å². The van der Waals surface area contributed by atoms with E-state index >= 15 is 0 Å². The molecular weight excluding hydrogens is 300 g/mol. The molecule has 1 aliphatic heterocycles. The zero-order valence-electron chi connectivity index (χ0n) is 9.86. The fraction of sp³-hybridized carbons (Fsp3) is 0.583. The van der Waals surface area contributed by atoms with Crippen LogP contribution in [0.2, 0.25) is 0 Å². The molecule has 2 unspecified atom stereocenters. The number of pyridine rings is 1. The number of rotatable bonds is 4. The molecule has 2 heterocycles. The van der Waals surface area contributed by atoms with E-state index in [-0.39, 0.29) is 0 Å². The molecule has 2 rings (SSSR count). The van der Waals surface area contributed by atoms with Crippen LogP contribution < -0.4 is 5.32 Å². The number of nitrogens with zero attached hydrogens (tertiary/aromatic N) is 1. The number of likely N-dealkylation sites (N-methyl/N-ethyl adjacent to an activating group) is 1. The van der Waals surface area contributed by atoms with E-state index in [0.29, 0.717) is 12.1 Å². The van der Waals surface area contributed by atoms with Crippen LogP contribution >= 0.6 is 27.7 Å². The minimum Gasteiger partial charge on any atom is -0.375 e. The molecule has 0 bridgehead atoms. The quantitative estimate of drug-likeness (QED) is 0.922. The summed E-state index contributed by atoms with van der Waals surface area (Å²) >= 11 is 5.42. The summed E-state index contributed by atoms with van der Waals surface area (Å²) in [6.07, 6.45) is 4.99. The van der Waals surface area contributed by atoms with Gasteiger partial charge in [-0.2, -0.15) is 11.8 Å². The Bertz CT molecular complexity index is 358. The number of thioether (sulfide) groups is 1. The van der Waals surface area contributed by atoms with Gasteiger partial charge in [0.25, 0.3) is 0 Å². The Balaban J connectivity index is 1.98. The maximum Gasteiger partial charge on any atom is 0.0821 e. The lowest BCUT2D eigenvalue weighted by molar-refractivity contribution is 0.0492. The van der Waals surface area contributed by atoms with Gasteiger partial charge in [0.2, 0.25) is 0 Å². The minimum atomic E-state index is 0.303. The summed E-state index contributed by atoms with van der Waals surface area (Å²) in [5, 5.41) is 3.36. The van der Waals surface area contributed by atoms with Crippen molar-refractivity contribution in [2.75, 3.05) is 25.2 Å². The molecule has 1 aliphatic rings. The Morgan fingerprint density at radius 3 is 3.18 bits per heavy atom. The highest BCUT2D eigenvalue weighted by Gasteiger charge is 2.23. The van der Waals surface area contributed by atoms with E-state index in [1.54, 1.807) is 0 Å². The normalized spacial score (nSPS) is 22.4. The van der Waals surface area contributed by atoms with E-state index in [1.807, 2.05) is 31.2 Å². The van der Waals surface area contributed by atoms with Crippen LogP contribution in [0.3, 0.4) is 0 Å². The maximum absolute atomic E-state index is 5.82. The van der Waals surface area contributed by atoms with Gasteiger partial charge in [0.1, 0.15) is 0 Å². The van der Waals surface area contributed by atoms with Crippen LogP contribution in [0.25, 0.3) is 0 Å². The average molecular weight is 317 g/mol. The van der Waals surface area contributed by atoms with E-state index in [1.165, 1.54) is 5.56 Å². The van der Waals surface area contributed by atoms with Gasteiger partial charge in [-0.05, 0) is 41.0 Å². The standard InChI is InChI=1S/C12H17BrN2OS/c1-14-11(12-8-17-3-2-16-12)5-9-4-10(13)7-15-6-9/h4,6-7,11-12,14H,2-3,5,8H2,1H3. The van der Waals surface area contributed by atoms with Crippen molar-refractivity contribution in [3.8, 4) is 0 Å². The summed E-state index contributed by atoms with van der Waals surface area (Å²) in [6.45, 7) is 0.865. The highest BCUT2D eigenvalue weighted by Crippen LogP contribution is 2.19. The molecule has 2 atom stereocenters. The number of halogens is 1. The van der Waals surface area contributed by atoms with Crippen LogP contribution in [-0.4, -0.2) is 42.3 Å². The van der Waals surface area contributed by atoms with Gasteiger partial charge in [-0.1, -0.05) is 0 Å². The summed E-state index contributed by atoms with van der Waals surface area (Å²) in [5.74, 6) is 2.19. The van der Waals surface area contributed by atoms with Crippen molar-refractivity contribution in [2.45, 2.75) is 18.6 Å². The van der Waals surface area contributed by atoms with Crippen molar-refractivity contribution in [3.05, 3.63) is 28.5 Å². The molecule has 0 spiro atoms. The van der Waals surface area contributed by atoms with Crippen LogP contribution in [0.5, 0.6) is 0 Å². The summed E-state index contributed by atoms with van der Waals surface area (Å²) in [5.41, 5.74) is 1.23. The molecule has 5 heteroatoms. The molecule has 17 heavy (non-hydrogen) atoms. The molecule has 1 saturated heterocycles. The fourth-order valence-corrected chi connectivity index (χ4v) is 3.33. The highest BCUT2D eigenvalue weighted by molar-refractivity contribution is 9.10. The number of nitrogens with one attached hydrogen (secondary N) is 1. The van der Waals surface area contributed by atoms with Gasteiger partial charge in [0.15, 0.2) is 0 Å². The Morgan fingerprint density at radius 1 is 1.65 bits per heavy atom. The fourth-order valence-electron chi connectivity index (χ4n) is 1.98. The first-order chi connectivity index (χ1) is 8.29. The van der Waals surface area contributed by atoms with Crippen LogP contribution in [0.4, 0.5) is 0 Å². The summed E-state index contributed by atoms with van der Waals surface area (Å²) < 4.78 is 6.85.